The van der Waals surface area contributed by atoms with Crippen LogP contribution in [0.1, 0.15) is 16.7 Å². The van der Waals surface area contributed by atoms with E-state index < -0.39 is 16.9 Å². The maximum atomic E-state index is 12.5. The summed E-state index contributed by atoms with van der Waals surface area (Å²) in [6.07, 6.45) is 0. The highest BCUT2D eigenvalue weighted by Gasteiger charge is 2.41. The Balaban J connectivity index is 2.28. The second kappa shape index (κ2) is 7.86. The summed E-state index contributed by atoms with van der Waals surface area (Å²) in [6, 6.07) is 30.1. The Bertz CT molecular complexity index is 808. The summed E-state index contributed by atoms with van der Waals surface area (Å²) in [5.41, 5.74) is 1.11. The standard InChI is InChI=1S/C22H16ClNO2/c23-20(16-24)21(25)26-22(17-10-4-1-5-11-17,18-12-6-2-7-13-18)19-14-8-3-9-15-19/h1-15,20H. The van der Waals surface area contributed by atoms with Gasteiger partial charge in [-0.15, -0.1) is 0 Å². The van der Waals surface area contributed by atoms with E-state index in [9.17, 15) is 4.79 Å². The molecule has 0 bridgehead atoms. The molecule has 0 aliphatic rings. The zero-order valence-corrected chi connectivity index (χ0v) is 14.6. The van der Waals surface area contributed by atoms with Gasteiger partial charge in [-0.2, -0.15) is 5.26 Å². The molecule has 0 aromatic heterocycles. The molecule has 0 N–H and O–H groups in total. The molecule has 3 aromatic carbocycles. The van der Waals surface area contributed by atoms with E-state index in [2.05, 4.69) is 0 Å². The quantitative estimate of drug-likeness (QED) is 0.377. The molecule has 0 saturated carbocycles. The van der Waals surface area contributed by atoms with E-state index in [0.717, 1.165) is 16.7 Å². The van der Waals surface area contributed by atoms with Crippen LogP contribution in [0.4, 0.5) is 0 Å². The summed E-state index contributed by atoms with van der Waals surface area (Å²) in [7, 11) is 0. The average Bonchev–Trinajstić information content (AvgIpc) is 2.73. The highest BCUT2D eigenvalue weighted by molar-refractivity contribution is 6.31. The number of hydrogen-bond donors (Lipinski definition) is 0. The van der Waals surface area contributed by atoms with Gasteiger partial charge in [0.25, 0.3) is 0 Å². The van der Waals surface area contributed by atoms with Crippen LogP contribution in [-0.2, 0) is 15.1 Å². The molecule has 0 radical (unpaired) electrons. The lowest BCUT2D eigenvalue weighted by atomic mass is 9.80. The highest BCUT2D eigenvalue weighted by atomic mass is 35.5. The van der Waals surface area contributed by atoms with Gasteiger partial charge in [0.05, 0.1) is 6.07 Å². The van der Waals surface area contributed by atoms with Crippen molar-refractivity contribution in [2.24, 2.45) is 0 Å². The van der Waals surface area contributed by atoms with Crippen LogP contribution in [0.2, 0.25) is 0 Å². The van der Waals surface area contributed by atoms with Crippen molar-refractivity contribution in [1.29, 1.82) is 5.26 Å². The van der Waals surface area contributed by atoms with E-state index in [1.54, 1.807) is 6.07 Å². The Hall–Kier alpha value is -3.09. The van der Waals surface area contributed by atoms with Gasteiger partial charge in [-0.05, 0) is 0 Å². The molecule has 3 aromatic rings. The molecule has 0 amide bonds. The second-order valence-corrected chi connectivity index (χ2v) is 6.13. The Labute approximate surface area is 157 Å². The lowest BCUT2D eigenvalue weighted by Crippen LogP contribution is -2.37. The first kappa shape index (κ1) is 17.7. The van der Waals surface area contributed by atoms with Crippen LogP contribution in [0.5, 0.6) is 0 Å². The monoisotopic (exact) mass is 361 g/mol. The van der Waals surface area contributed by atoms with Crippen LogP contribution in [0.3, 0.4) is 0 Å². The molecule has 0 fully saturated rings. The molecule has 4 heteroatoms. The van der Waals surface area contributed by atoms with E-state index in [0.29, 0.717) is 0 Å². The van der Waals surface area contributed by atoms with Gasteiger partial charge in [0.1, 0.15) is 0 Å². The fourth-order valence-corrected chi connectivity index (χ4v) is 3.00. The number of rotatable bonds is 5. The van der Waals surface area contributed by atoms with Gasteiger partial charge in [0, 0.05) is 16.7 Å². The van der Waals surface area contributed by atoms with Crippen LogP contribution in [-0.4, -0.2) is 11.3 Å². The third-order valence-corrected chi connectivity index (χ3v) is 4.39. The van der Waals surface area contributed by atoms with Crippen molar-refractivity contribution < 1.29 is 9.53 Å². The Morgan fingerprint density at radius 2 is 1.15 bits per heavy atom. The van der Waals surface area contributed by atoms with Crippen molar-refractivity contribution in [2.75, 3.05) is 0 Å². The second-order valence-electron chi connectivity index (χ2n) is 5.69. The molecule has 128 valence electrons. The molecule has 1 unspecified atom stereocenters. The molecular formula is C22H16ClNO2. The van der Waals surface area contributed by atoms with E-state index in [1.165, 1.54) is 0 Å². The maximum Gasteiger partial charge on any atom is 0.340 e. The van der Waals surface area contributed by atoms with Gasteiger partial charge >= 0.3 is 5.97 Å². The first-order valence-electron chi connectivity index (χ1n) is 8.11. The number of nitriles is 1. The van der Waals surface area contributed by atoms with Crippen molar-refractivity contribution in [3.63, 3.8) is 0 Å². The maximum absolute atomic E-state index is 12.5. The number of carbonyl (C=O) groups excluding carboxylic acids is 1. The number of ether oxygens (including phenoxy) is 1. The molecule has 0 aliphatic heterocycles. The average molecular weight is 362 g/mol. The summed E-state index contributed by atoms with van der Waals surface area (Å²) in [6.45, 7) is 0. The molecule has 26 heavy (non-hydrogen) atoms. The number of halogens is 1. The zero-order chi connectivity index (χ0) is 18.4. The molecule has 0 spiro atoms. The lowest BCUT2D eigenvalue weighted by molar-refractivity contribution is -0.151. The first-order valence-corrected chi connectivity index (χ1v) is 8.55. The SMILES string of the molecule is N#CC(Cl)C(=O)OC(c1ccccc1)(c1ccccc1)c1ccccc1. The Kier molecular flexibility index (Phi) is 5.36. The number of carbonyl (C=O) groups is 1. The van der Waals surface area contributed by atoms with Gasteiger partial charge in [0.15, 0.2) is 5.60 Å². The van der Waals surface area contributed by atoms with Crippen molar-refractivity contribution in [3.05, 3.63) is 108 Å². The third-order valence-electron chi connectivity index (χ3n) is 4.11. The van der Waals surface area contributed by atoms with Crippen molar-refractivity contribution in [1.82, 2.24) is 0 Å². The molecule has 0 heterocycles. The summed E-state index contributed by atoms with van der Waals surface area (Å²) in [4.78, 5) is 12.5. The molecule has 0 aliphatic carbocycles. The summed E-state index contributed by atoms with van der Waals surface area (Å²) < 4.78 is 5.96. The highest BCUT2D eigenvalue weighted by Crippen LogP contribution is 2.40. The van der Waals surface area contributed by atoms with Crippen LogP contribution in [0, 0.1) is 11.3 Å². The fraction of sp³-hybridized carbons (Fsp3) is 0.0909. The number of alkyl halides is 1. The lowest BCUT2D eigenvalue weighted by Gasteiger charge is -2.35. The smallest absolute Gasteiger partial charge is 0.340 e. The van der Waals surface area contributed by atoms with Crippen LogP contribution < -0.4 is 0 Å². The van der Waals surface area contributed by atoms with Gasteiger partial charge in [0.2, 0.25) is 5.38 Å². The predicted octanol–water partition coefficient (Wildman–Crippen LogP) is 4.65. The molecule has 1 atom stereocenters. The van der Waals surface area contributed by atoms with Gasteiger partial charge in [-0.25, -0.2) is 4.79 Å². The van der Waals surface area contributed by atoms with Crippen LogP contribution in [0.15, 0.2) is 91.0 Å². The zero-order valence-electron chi connectivity index (χ0n) is 13.9. The van der Waals surface area contributed by atoms with E-state index in [-0.39, 0.29) is 0 Å². The Morgan fingerprint density at radius 3 is 1.46 bits per heavy atom. The normalized spacial score (nSPS) is 12.0. The largest absolute Gasteiger partial charge is 0.442 e. The van der Waals surface area contributed by atoms with Crippen LogP contribution >= 0.6 is 11.6 Å². The molecular weight excluding hydrogens is 346 g/mol. The first-order chi connectivity index (χ1) is 12.7. The predicted molar refractivity (Wildman–Crippen MR) is 101 cm³/mol. The number of benzene rings is 3. The number of nitrogens with zero attached hydrogens (tertiary/aromatic N) is 1. The third kappa shape index (κ3) is 3.33. The molecule has 3 nitrogen and oxygen atoms in total. The fourth-order valence-electron chi connectivity index (χ4n) is 2.95. The summed E-state index contributed by atoms with van der Waals surface area (Å²) >= 11 is 5.85. The minimum absolute atomic E-state index is 0.771. The molecule has 0 saturated heterocycles. The van der Waals surface area contributed by atoms with Crippen molar-refractivity contribution in [2.45, 2.75) is 11.0 Å². The topological polar surface area (TPSA) is 50.1 Å². The van der Waals surface area contributed by atoms with Gasteiger partial charge in [-0.3, -0.25) is 0 Å². The van der Waals surface area contributed by atoms with E-state index >= 15 is 0 Å². The summed E-state index contributed by atoms with van der Waals surface area (Å²) in [5.74, 6) is -0.786. The van der Waals surface area contributed by atoms with Gasteiger partial charge in [-0.1, -0.05) is 103 Å². The molecule has 3 rings (SSSR count). The van der Waals surface area contributed by atoms with E-state index in [1.807, 2.05) is 91.0 Å². The number of esters is 1. The number of hydrogen-bond acceptors (Lipinski definition) is 3. The van der Waals surface area contributed by atoms with Crippen LogP contribution in [0.25, 0.3) is 0 Å². The van der Waals surface area contributed by atoms with Gasteiger partial charge < -0.3 is 4.74 Å². The van der Waals surface area contributed by atoms with E-state index in [4.69, 9.17) is 21.6 Å². The van der Waals surface area contributed by atoms with Crippen molar-refractivity contribution in [3.8, 4) is 6.07 Å². The van der Waals surface area contributed by atoms with Crippen molar-refractivity contribution >= 4 is 17.6 Å². The minimum atomic E-state index is -1.38. The summed E-state index contributed by atoms with van der Waals surface area (Å²) in [5, 5.41) is 7.65. The Morgan fingerprint density at radius 1 is 0.808 bits per heavy atom. The minimum Gasteiger partial charge on any atom is -0.442 e.